The number of ether oxygens (including phenoxy) is 2. The Morgan fingerprint density at radius 3 is 2.50 bits per heavy atom. The van der Waals surface area contributed by atoms with E-state index in [0.717, 1.165) is 11.1 Å². The zero-order valence-corrected chi connectivity index (χ0v) is 16.2. The molecule has 1 atom stereocenters. The topological polar surface area (TPSA) is 104 Å². The van der Waals surface area contributed by atoms with Crippen LogP contribution < -0.4 is 20.1 Å². The predicted octanol–water partition coefficient (Wildman–Crippen LogP) is 3.41. The fourth-order valence-electron chi connectivity index (χ4n) is 2.59. The van der Waals surface area contributed by atoms with Crippen molar-refractivity contribution in [3.63, 3.8) is 0 Å². The summed E-state index contributed by atoms with van der Waals surface area (Å²) >= 11 is 0. The van der Waals surface area contributed by atoms with Gasteiger partial charge >= 0.3 is 0 Å². The highest BCUT2D eigenvalue weighted by Crippen LogP contribution is 2.30. The Bertz CT molecular complexity index is 932. The van der Waals surface area contributed by atoms with Crippen molar-refractivity contribution >= 4 is 11.6 Å². The number of amides is 1. The smallest absolute Gasteiger partial charge is 0.263 e. The second-order valence-corrected chi connectivity index (χ2v) is 6.12. The van der Waals surface area contributed by atoms with E-state index < -0.39 is 5.91 Å². The fourth-order valence-corrected chi connectivity index (χ4v) is 2.59. The molecule has 2 aromatic carbocycles. The van der Waals surface area contributed by atoms with E-state index in [1.807, 2.05) is 19.1 Å². The Hall–Kier alpha value is -3.66. The molecular weight excluding hydrogens is 358 g/mol. The first-order valence-corrected chi connectivity index (χ1v) is 8.58. The molecule has 0 aliphatic rings. The van der Waals surface area contributed by atoms with E-state index in [0.29, 0.717) is 17.2 Å². The first-order chi connectivity index (χ1) is 13.4. The number of rotatable bonds is 7. The van der Waals surface area contributed by atoms with Crippen LogP contribution in [0.4, 0.5) is 5.69 Å². The third-order valence-corrected chi connectivity index (χ3v) is 4.20. The number of phenols is 1. The highest BCUT2D eigenvalue weighted by molar-refractivity contribution is 5.97. The molecule has 3 N–H and O–H groups in total. The van der Waals surface area contributed by atoms with Gasteiger partial charge in [-0.15, -0.1) is 0 Å². The van der Waals surface area contributed by atoms with Crippen molar-refractivity contribution in [1.29, 1.82) is 5.26 Å². The molecule has 7 nitrogen and oxygen atoms in total. The maximum atomic E-state index is 12.5. The maximum absolute atomic E-state index is 12.5. The lowest BCUT2D eigenvalue weighted by Gasteiger charge is -2.16. The third kappa shape index (κ3) is 4.95. The minimum absolute atomic E-state index is 0.0696. The van der Waals surface area contributed by atoms with Gasteiger partial charge in [0.2, 0.25) is 0 Å². The number of benzene rings is 2. The van der Waals surface area contributed by atoms with E-state index in [4.69, 9.17) is 9.47 Å². The standard InChI is InChI=1S/C21H23N3O4/c1-13-9-17(25)6-7-18(13)23-12-16(11-22)21(26)24-14(2)15-5-8-19(27-3)20(10-15)28-4/h5-10,12,14,23,25H,1-4H3,(H,24,26)/b16-12-. The number of anilines is 1. The van der Waals surface area contributed by atoms with E-state index >= 15 is 0 Å². The highest BCUT2D eigenvalue weighted by atomic mass is 16.5. The van der Waals surface area contributed by atoms with Crippen molar-refractivity contribution in [3.05, 3.63) is 59.3 Å². The molecule has 0 spiro atoms. The molecule has 0 aliphatic carbocycles. The first-order valence-electron chi connectivity index (χ1n) is 8.58. The lowest BCUT2D eigenvalue weighted by Crippen LogP contribution is -2.28. The van der Waals surface area contributed by atoms with Crippen molar-refractivity contribution in [3.8, 4) is 23.3 Å². The number of phenolic OH excluding ortho intramolecular Hbond substituents is 1. The van der Waals surface area contributed by atoms with Gasteiger partial charge < -0.3 is 25.2 Å². The Morgan fingerprint density at radius 2 is 1.89 bits per heavy atom. The van der Waals surface area contributed by atoms with E-state index in [9.17, 15) is 15.2 Å². The van der Waals surface area contributed by atoms with Gasteiger partial charge in [0.15, 0.2) is 11.5 Å². The van der Waals surface area contributed by atoms with Crippen molar-refractivity contribution in [1.82, 2.24) is 5.32 Å². The number of nitrogens with zero attached hydrogens (tertiary/aromatic N) is 1. The van der Waals surface area contributed by atoms with Crippen LogP contribution in [0, 0.1) is 18.3 Å². The van der Waals surface area contributed by atoms with Crippen LogP contribution in [0.15, 0.2) is 48.2 Å². The Kier molecular flexibility index (Phi) is 6.88. The van der Waals surface area contributed by atoms with Crippen molar-refractivity contribution in [2.45, 2.75) is 19.9 Å². The second kappa shape index (κ2) is 9.33. The van der Waals surface area contributed by atoms with Crippen LogP contribution in [0.5, 0.6) is 17.2 Å². The maximum Gasteiger partial charge on any atom is 0.263 e. The Labute approximate surface area is 164 Å². The van der Waals surface area contributed by atoms with E-state index in [-0.39, 0.29) is 17.4 Å². The van der Waals surface area contributed by atoms with Gasteiger partial charge in [0.25, 0.3) is 5.91 Å². The van der Waals surface area contributed by atoms with Crippen molar-refractivity contribution in [2.75, 3.05) is 19.5 Å². The second-order valence-electron chi connectivity index (χ2n) is 6.12. The van der Waals surface area contributed by atoms with E-state index in [1.54, 1.807) is 45.4 Å². The van der Waals surface area contributed by atoms with Gasteiger partial charge in [-0.25, -0.2) is 0 Å². The molecule has 1 amide bonds. The molecule has 0 saturated carbocycles. The SMILES string of the molecule is COc1ccc(C(C)NC(=O)/C(C#N)=C\Nc2ccc(O)cc2C)cc1OC. The van der Waals surface area contributed by atoms with Gasteiger partial charge in [0, 0.05) is 11.9 Å². The summed E-state index contributed by atoms with van der Waals surface area (Å²) in [5.74, 6) is 0.792. The summed E-state index contributed by atoms with van der Waals surface area (Å²) in [5.41, 5.74) is 2.21. The largest absolute Gasteiger partial charge is 0.508 e. The van der Waals surface area contributed by atoms with Crippen LogP contribution in [-0.2, 0) is 4.79 Å². The van der Waals surface area contributed by atoms with Crippen LogP contribution in [0.25, 0.3) is 0 Å². The Morgan fingerprint density at radius 1 is 1.18 bits per heavy atom. The van der Waals surface area contributed by atoms with E-state index in [2.05, 4.69) is 10.6 Å². The molecule has 146 valence electrons. The number of aromatic hydroxyl groups is 1. The van der Waals surface area contributed by atoms with Crippen LogP contribution in [0.1, 0.15) is 24.1 Å². The number of hydrogen-bond donors (Lipinski definition) is 3. The normalized spacial score (nSPS) is 11.9. The summed E-state index contributed by atoms with van der Waals surface area (Å²) in [5, 5.41) is 24.5. The third-order valence-electron chi connectivity index (χ3n) is 4.20. The summed E-state index contributed by atoms with van der Waals surface area (Å²) < 4.78 is 10.5. The predicted molar refractivity (Wildman–Crippen MR) is 106 cm³/mol. The van der Waals surface area contributed by atoms with Gasteiger partial charge in [0.05, 0.1) is 20.3 Å². The number of methoxy groups -OCH3 is 2. The molecular formula is C21H23N3O4. The molecule has 0 aromatic heterocycles. The number of nitrogens with one attached hydrogen (secondary N) is 2. The number of nitriles is 1. The molecule has 0 saturated heterocycles. The average molecular weight is 381 g/mol. The molecule has 7 heteroatoms. The molecule has 0 fully saturated rings. The van der Waals surface area contributed by atoms with Crippen molar-refractivity contribution < 1.29 is 19.4 Å². The zero-order chi connectivity index (χ0) is 20.7. The number of carbonyl (C=O) groups is 1. The molecule has 0 aliphatic heterocycles. The van der Waals surface area contributed by atoms with Crippen LogP contribution in [0.3, 0.4) is 0 Å². The van der Waals surface area contributed by atoms with Gasteiger partial charge in [-0.1, -0.05) is 6.07 Å². The number of hydrogen-bond acceptors (Lipinski definition) is 6. The summed E-state index contributed by atoms with van der Waals surface area (Å²) in [7, 11) is 3.09. The Balaban J connectivity index is 2.11. The molecule has 28 heavy (non-hydrogen) atoms. The monoisotopic (exact) mass is 381 g/mol. The molecule has 2 aromatic rings. The van der Waals surface area contributed by atoms with Gasteiger partial charge in [-0.2, -0.15) is 5.26 Å². The van der Waals surface area contributed by atoms with Crippen LogP contribution >= 0.6 is 0 Å². The zero-order valence-electron chi connectivity index (χ0n) is 16.2. The molecule has 2 rings (SSSR count). The van der Waals surface area contributed by atoms with Crippen molar-refractivity contribution in [2.24, 2.45) is 0 Å². The van der Waals surface area contributed by atoms with Gasteiger partial charge in [-0.05, 0) is 55.3 Å². The summed E-state index contributed by atoms with van der Waals surface area (Å²) in [6.45, 7) is 3.62. The lowest BCUT2D eigenvalue weighted by atomic mass is 10.1. The summed E-state index contributed by atoms with van der Waals surface area (Å²) in [6, 6.07) is 11.7. The average Bonchev–Trinajstić information content (AvgIpc) is 2.69. The lowest BCUT2D eigenvalue weighted by molar-refractivity contribution is -0.117. The summed E-state index contributed by atoms with van der Waals surface area (Å²) in [4.78, 5) is 12.5. The minimum atomic E-state index is -0.506. The summed E-state index contributed by atoms with van der Waals surface area (Å²) in [6.07, 6.45) is 1.34. The quantitative estimate of drug-likeness (QED) is 0.386. The molecule has 0 heterocycles. The van der Waals surface area contributed by atoms with Gasteiger partial charge in [-0.3, -0.25) is 4.79 Å². The molecule has 1 unspecified atom stereocenters. The number of carbonyl (C=O) groups excluding carboxylic acids is 1. The first kappa shape index (κ1) is 20.6. The molecule has 0 bridgehead atoms. The number of aryl methyl sites for hydroxylation is 1. The van der Waals surface area contributed by atoms with Crippen LogP contribution in [-0.4, -0.2) is 25.2 Å². The highest BCUT2D eigenvalue weighted by Gasteiger charge is 2.15. The minimum Gasteiger partial charge on any atom is -0.508 e. The fraction of sp³-hybridized carbons (Fsp3) is 0.238. The van der Waals surface area contributed by atoms with E-state index in [1.165, 1.54) is 12.3 Å². The molecule has 0 radical (unpaired) electrons. The van der Waals surface area contributed by atoms with Crippen LogP contribution in [0.2, 0.25) is 0 Å². The van der Waals surface area contributed by atoms with Gasteiger partial charge in [0.1, 0.15) is 17.4 Å².